The van der Waals surface area contributed by atoms with Gasteiger partial charge in [0.1, 0.15) is 11.6 Å². The molecule has 2 aromatic carbocycles. The quantitative estimate of drug-likeness (QED) is 0.276. The first kappa shape index (κ1) is 32.2. The summed E-state index contributed by atoms with van der Waals surface area (Å²) in [7, 11) is 1.77. The van der Waals surface area contributed by atoms with Crippen molar-refractivity contribution in [3.8, 4) is 17.2 Å². The highest BCUT2D eigenvalue weighted by atomic mass is 19.1. The summed E-state index contributed by atoms with van der Waals surface area (Å²) in [6.07, 6.45) is 8.65. The summed E-state index contributed by atoms with van der Waals surface area (Å²) in [5.41, 5.74) is 2.75. The molecule has 0 amide bonds. The van der Waals surface area contributed by atoms with Crippen molar-refractivity contribution in [2.24, 2.45) is 17.8 Å². The van der Waals surface area contributed by atoms with E-state index >= 15 is 4.39 Å². The van der Waals surface area contributed by atoms with Gasteiger partial charge in [-0.05, 0) is 101 Å². The fourth-order valence-corrected chi connectivity index (χ4v) is 9.91. The summed E-state index contributed by atoms with van der Waals surface area (Å²) in [6.45, 7) is 10.8. The number of nitrogens with zero attached hydrogens (tertiary/aromatic N) is 2. The van der Waals surface area contributed by atoms with E-state index in [4.69, 9.17) is 24.4 Å². The molecule has 8 nitrogen and oxygen atoms in total. The number of carbonyl (C=O) groups is 1. The van der Waals surface area contributed by atoms with Crippen LogP contribution in [0.5, 0.6) is 17.2 Å². The van der Waals surface area contributed by atoms with Gasteiger partial charge in [-0.15, -0.1) is 0 Å². The Bertz CT molecular complexity index is 1570. The second-order valence-electron chi connectivity index (χ2n) is 14.8. The van der Waals surface area contributed by atoms with Gasteiger partial charge in [0.25, 0.3) is 0 Å². The lowest BCUT2D eigenvalue weighted by molar-refractivity contribution is 0.0920. The number of morpholine rings is 1. The number of ketones is 1. The zero-order valence-corrected chi connectivity index (χ0v) is 28.7. The van der Waals surface area contributed by atoms with Crippen molar-refractivity contribution in [3.63, 3.8) is 0 Å². The van der Waals surface area contributed by atoms with Gasteiger partial charge in [-0.1, -0.05) is 12.8 Å². The normalized spacial score (nSPS) is 27.5. The van der Waals surface area contributed by atoms with Crippen molar-refractivity contribution < 1.29 is 28.1 Å². The van der Waals surface area contributed by atoms with Crippen molar-refractivity contribution >= 4 is 17.3 Å². The van der Waals surface area contributed by atoms with E-state index in [0.29, 0.717) is 42.6 Å². The molecule has 4 fully saturated rings. The molecule has 2 aromatic rings. The molecule has 1 saturated heterocycles. The van der Waals surface area contributed by atoms with E-state index in [2.05, 4.69) is 11.0 Å². The van der Waals surface area contributed by atoms with Gasteiger partial charge in [0.15, 0.2) is 23.1 Å². The Kier molecular flexibility index (Phi) is 8.42. The van der Waals surface area contributed by atoms with E-state index in [1.807, 2.05) is 26.8 Å². The molecule has 0 spiro atoms. The zero-order valence-electron chi connectivity index (χ0n) is 28.7. The number of hydrogen-bond acceptors (Lipinski definition) is 7. The Morgan fingerprint density at radius 1 is 1.02 bits per heavy atom. The first-order valence-corrected chi connectivity index (χ1v) is 17.7. The molecule has 3 aliphatic carbocycles. The largest absolute Gasteiger partial charge is 0.494 e. The lowest BCUT2D eigenvalue weighted by atomic mass is 9.68. The summed E-state index contributed by atoms with van der Waals surface area (Å²) >= 11 is 0. The van der Waals surface area contributed by atoms with E-state index in [9.17, 15) is 4.79 Å². The lowest BCUT2D eigenvalue weighted by Crippen LogP contribution is -2.42. The van der Waals surface area contributed by atoms with Crippen LogP contribution in [0.1, 0.15) is 99.7 Å². The number of benzene rings is 2. The minimum absolute atomic E-state index is 0.00291. The summed E-state index contributed by atoms with van der Waals surface area (Å²) in [4.78, 5) is 18.6. The number of hydrogen-bond donors (Lipinski definition) is 1. The predicted molar refractivity (Wildman–Crippen MR) is 180 cm³/mol. The van der Waals surface area contributed by atoms with Crippen LogP contribution in [0.4, 0.5) is 10.1 Å². The van der Waals surface area contributed by atoms with E-state index in [1.165, 1.54) is 37.7 Å². The molecular formula is C38H50FN3O5. The fraction of sp³-hybridized carbons (Fsp3) is 0.632. The number of fused-ring (bicyclic) bond motifs is 3. The maximum atomic E-state index is 16.1. The highest BCUT2D eigenvalue weighted by Crippen LogP contribution is 2.63. The summed E-state index contributed by atoms with van der Waals surface area (Å²) < 4.78 is 39.5. The van der Waals surface area contributed by atoms with Crippen LogP contribution in [0.2, 0.25) is 0 Å². The molecule has 0 aromatic heterocycles. The SMILES string of the molecule is CCOc1cc2c(c(F)c1OCC)C(=N)N(CC(=O)c1cc(N3CCOCC3)c(OC)c(C34CCCC5CC(CC3C5)C4)c1)C2(C)C. The van der Waals surface area contributed by atoms with Crippen LogP contribution in [0.3, 0.4) is 0 Å². The number of nitrogens with one attached hydrogen (secondary N) is 1. The fourth-order valence-electron chi connectivity index (χ4n) is 9.91. The van der Waals surface area contributed by atoms with E-state index < -0.39 is 11.4 Å². The molecule has 2 heterocycles. The first-order chi connectivity index (χ1) is 22.6. The van der Waals surface area contributed by atoms with Crippen molar-refractivity contribution in [1.29, 1.82) is 5.41 Å². The molecule has 254 valence electrons. The van der Waals surface area contributed by atoms with Gasteiger partial charge in [0.2, 0.25) is 0 Å². The summed E-state index contributed by atoms with van der Waals surface area (Å²) in [5, 5.41) is 9.15. The number of Topliss-reactive ketones (excluding diaryl/α,β-unsaturated/α-hetero) is 1. The average Bonchev–Trinajstić information content (AvgIpc) is 3.36. The van der Waals surface area contributed by atoms with E-state index in [0.717, 1.165) is 49.2 Å². The molecule has 4 atom stereocenters. The van der Waals surface area contributed by atoms with Crippen LogP contribution in [0.15, 0.2) is 18.2 Å². The maximum Gasteiger partial charge on any atom is 0.197 e. The number of methoxy groups -OCH3 is 1. The third-order valence-corrected chi connectivity index (χ3v) is 12.0. The predicted octanol–water partition coefficient (Wildman–Crippen LogP) is 7.09. The van der Waals surface area contributed by atoms with Crippen LogP contribution < -0.4 is 19.1 Å². The van der Waals surface area contributed by atoms with Crippen molar-refractivity contribution in [2.45, 2.75) is 83.6 Å². The van der Waals surface area contributed by atoms with Crippen LogP contribution in [0, 0.1) is 29.0 Å². The van der Waals surface area contributed by atoms with Gasteiger partial charge in [-0.2, -0.15) is 0 Å². The lowest BCUT2D eigenvalue weighted by Gasteiger charge is -2.39. The highest BCUT2D eigenvalue weighted by Gasteiger charge is 2.54. The van der Waals surface area contributed by atoms with Gasteiger partial charge in [-0.25, -0.2) is 4.39 Å². The third-order valence-electron chi connectivity index (χ3n) is 12.0. The van der Waals surface area contributed by atoms with Crippen LogP contribution >= 0.6 is 0 Å². The van der Waals surface area contributed by atoms with Crippen LogP contribution in [0.25, 0.3) is 0 Å². The van der Waals surface area contributed by atoms with E-state index in [1.54, 1.807) is 25.0 Å². The Morgan fingerprint density at radius 2 is 1.77 bits per heavy atom. The molecule has 47 heavy (non-hydrogen) atoms. The summed E-state index contributed by atoms with van der Waals surface area (Å²) in [6, 6.07) is 5.91. The third kappa shape index (κ3) is 5.19. The molecule has 9 heteroatoms. The summed E-state index contributed by atoms with van der Waals surface area (Å²) in [5.74, 6) is 2.68. The number of rotatable bonds is 10. The maximum absolute atomic E-state index is 16.1. The molecule has 2 aliphatic heterocycles. The smallest absolute Gasteiger partial charge is 0.197 e. The molecule has 1 N–H and O–H groups in total. The van der Waals surface area contributed by atoms with Crippen molar-refractivity contribution in [3.05, 3.63) is 46.3 Å². The van der Waals surface area contributed by atoms with Gasteiger partial charge < -0.3 is 28.7 Å². The number of ether oxygens (including phenoxy) is 4. The topological polar surface area (TPSA) is 84.3 Å². The Balaban J connectivity index is 1.29. The number of amidine groups is 1. The molecule has 3 bridgehead atoms. The Labute approximate surface area is 278 Å². The number of carbonyl (C=O) groups excluding carboxylic acids is 1. The zero-order chi connectivity index (χ0) is 33.1. The van der Waals surface area contributed by atoms with Crippen LogP contribution in [-0.4, -0.2) is 69.7 Å². The number of anilines is 1. The highest BCUT2D eigenvalue weighted by molar-refractivity contribution is 6.07. The van der Waals surface area contributed by atoms with E-state index in [-0.39, 0.29) is 41.5 Å². The second kappa shape index (κ2) is 12.3. The molecule has 7 rings (SSSR count). The van der Waals surface area contributed by atoms with Crippen molar-refractivity contribution in [1.82, 2.24) is 4.90 Å². The molecule has 0 radical (unpaired) electrons. The Morgan fingerprint density at radius 3 is 2.49 bits per heavy atom. The monoisotopic (exact) mass is 647 g/mol. The second-order valence-corrected chi connectivity index (χ2v) is 14.8. The van der Waals surface area contributed by atoms with Gasteiger partial charge in [-0.3, -0.25) is 10.2 Å². The minimum atomic E-state index is -0.820. The molecule has 4 unspecified atom stereocenters. The average molecular weight is 648 g/mol. The standard InChI is InChI=1S/C38H50FN3O5/c1-6-46-31-20-27-32(33(39)35(31)47-7-2)36(40)42(37(27,3)4)22-30(43)25-18-28(34(44-5)29(19-25)41-11-13-45-14-12-41)38-10-8-9-23-15-24(21-38)17-26(38)16-23/h18-20,23-24,26,40H,6-17,21-22H2,1-5H3. The molecule has 3 saturated carbocycles. The number of halogens is 1. The van der Waals surface area contributed by atoms with Crippen LogP contribution in [-0.2, 0) is 15.7 Å². The van der Waals surface area contributed by atoms with Gasteiger partial charge in [0, 0.05) is 29.6 Å². The minimum Gasteiger partial charge on any atom is -0.494 e. The van der Waals surface area contributed by atoms with Gasteiger partial charge in [0.05, 0.1) is 56.9 Å². The molecule has 5 aliphatic rings. The Hall–Kier alpha value is -3.33. The van der Waals surface area contributed by atoms with Crippen molar-refractivity contribution in [2.75, 3.05) is 58.1 Å². The van der Waals surface area contributed by atoms with Gasteiger partial charge >= 0.3 is 0 Å². The first-order valence-electron chi connectivity index (χ1n) is 17.7. The molecular weight excluding hydrogens is 597 g/mol.